The fraction of sp³-hybridized carbons (Fsp3) is 0.439. The molecule has 1 spiro atoms. The number of phenols is 1. The quantitative estimate of drug-likeness (QED) is 0.0791. The van der Waals surface area contributed by atoms with E-state index in [2.05, 4.69) is 16.4 Å². The first kappa shape index (κ1) is 38.0. The third-order valence-electron chi connectivity index (χ3n) is 11.6. The van der Waals surface area contributed by atoms with E-state index in [1.807, 2.05) is 23.3 Å². The van der Waals surface area contributed by atoms with E-state index in [9.17, 15) is 40.2 Å². The molecule has 4 aliphatic heterocycles. The molecule has 8 unspecified atom stereocenters. The van der Waals surface area contributed by atoms with E-state index in [1.165, 1.54) is 30.3 Å². The van der Waals surface area contributed by atoms with E-state index in [4.69, 9.17) is 18.9 Å². The van der Waals surface area contributed by atoms with Crippen LogP contribution in [-0.4, -0.2) is 104 Å². The molecular weight excluding hydrogens is 726 g/mol. The minimum atomic E-state index is -2.27. The highest BCUT2D eigenvalue weighted by Crippen LogP contribution is 2.51. The smallest absolute Gasteiger partial charge is 0.220 e. The summed E-state index contributed by atoms with van der Waals surface area (Å²) in [6.07, 6.45) is 4.12. The summed E-state index contributed by atoms with van der Waals surface area (Å²) in [5, 5.41) is 66.5. The standard InChI is InChI=1S/C41H45N3O12/c1-22-11-31(47)29-12-26-13-33(56-53-21-40(52,39(51)36(50)32(48)20-45)15-23-4-6-28(46)7-5-23)41(9-2-3-24(16-41)27-14-34(49)43-17-27)55-37(26)35(38(29)54-22)44-18-25-8-10-42-30(25)19-44/h2-8,10-12,18,24,27,32-33,36,39,45-46,48,50-52H,9,13-17,19-21H2,1H3,(H,43,49). The maximum Gasteiger partial charge on any atom is 0.220 e. The second kappa shape index (κ2) is 14.9. The molecule has 0 bridgehead atoms. The molecule has 15 heteroatoms. The average Bonchev–Trinajstić information content (AvgIpc) is 3.92. The van der Waals surface area contributed by atoms with Gasteiger partial charge < -0.3 is 50.0 Å². The molecule has 8 atom stereocenters. The molecule has 1 aromatic heterocycles. The summed E-state index contributed by atoms with van der Waals surface area (Å²) >= 11 is 0. The van der Waals surface area contributed by atoms with Gasteiger partial charge in [0.25, 0.3) is 0 Å². The van der Waals surface area contributed by atoms with Crippen LogP contribution >= 0.6 is 0 Å². The molecule has 1 aliphatic carbocycles. The van der Waals surface area contributed by atoms with Gasteiger partial charge in [0.2, 0.25) is 5.91 Å². The zero-order valence-corrected chi connectivity index (χ0v) is 30.7. The lowest BCUT2D eigenvalue weighted by atomic mass is 9.71. The number of nitrogens with zero attached hydrogens (tertiary/aromatic N) is 2. The number of carbonyl (C=O) groups excluding carboxylic acids is 1. The first-order chi connectivity index (χ1) is 26.9. The fourth-order valence-electron chi connectivity index (χ4n) is 8.53. The van der Waals surface area contributed by atoms with Gasteiger partial charge >= 0.3 is 0 Å². The summed E-state index contributed by atoms with van der Waals surface area (Å²) in [5.74, 6) is 0.797. The lowest BCUT2D eigenvalue weighted by Gasteiger charge is -2.48. The Balaban J connectivity index is 1.17. The molecule has 2 aromatic carbocycles. The van der Waals surface area contributed by atoms with Crippen molar-refractivity contribution >= 4 is 28.3 Å². The first-order valence-electron chi connectivity index (χ1n) is 18.7. The Kier molecular flexibility index (Phi) is 10.1. The Morgan fingerprint density at radius 1 is 1.14 bits per heavy atom. The Hall–Kier alpha value is -4.87. The molecule has 3 aromatic rings. The van der Waals surface area contributed by atoms with Crippen molar-refractivity contribution in [3.63, 3.8) is 0 Å². The molecule has 15 nitrogen and oxygen atoms in total. The number of benzene rings is 2. The van der Waals surface area contributed by atoms with Gasteiger partial charge in [-0.05, 0) is 55.0 Å². The molecule has 8 rings (SSSR count). The Labute approximate surface area is 321 Å². The summed E-state index contributed by atoms with van der Waals surface area (Å²) in [6.45, 7) is 1.06. The molecule has 56 heavy (non-hydrogen) atoms. The van der Waals surface area contributed by atoms with Crippen LogP contribution in [0.3, 0.4) is 0 Å². The van der Waals surface area contributed by atoms with Gasteiger partial charge in [0.15, 0.2) is 16.8 Å². The summed E-state index contributed by atoms with van der Waals surface area (Å²) in [6, 6.07) is 9.00. The molecule has 0 saturated carbocycles. The highest BCUT2D eigenvalue weighted by atomic mass is 17.2. The van der Waals surface area contributed by atoms with Crippen molar-refractivity contribution in [1.82, 2.24) is 5.32 Å². The van der Waals surface area contributed by atoms with Crippen molar-refractivity contribution in [2.75, 3.05) is 31.2 Å². The number of hydrogen-bond donors (Lipinski definition) is 7. The Morgan fingerprint density at radius 2 is 1.95 bits per heavy atom. The Bertz CT molecular complexity index is 2200. The molecule has 1 amide bonds. The number of anilines is 1. The topological polar surface area (TPSA) is 224 Å². The highest BCUT2D eigenvalue weighted by molar-refractivity contribution is 6.12. The molecule has 296 valence electrons. The molecule has 0 radical (unpaired) electrons. The third-order valence-corrected chi connectivity index (χ3v) is 11.6. The van der Waals surface area contributed by atoms with E-state index < -0.39 is 48.8 Å². The largest absolute Gasteiger partial charge is 0.508 e. The lowest BCUT2D eigenvalue weighted by Crippen LogP contribution is -2.58. The molecule has 5 aliphatic rings. The number of aryl methyl sites for hydroxylation is 1. The summed E-state index contributed by atoms with van der Waals surface area (Å²) in [5.41, 5.74) is 0.241. The number of aliphatic imine (C=N–C) groups is 1. The van der Waals surface area contributed by atoms with E-state index in [1.54, 1.807) is 19.2 Å². The van der Waals surface area contributed by atoms with Crippen LogP contribution in [0.15, 0.2) is 86.8 Å². The van der Waals surface area contributed by atoms with Crippen molar-refractivity contribution in [3.05, 3.63) is 99.7 Å². The summed E-state index contributed by atoms with van der Waals surface area (Å²) in [4.78, 5) is 44.3. The number of rotatable bonds is 12. The minimum Gasteiger partial charge on any atom is -0.508 e. The van der Waals surface area contributed by atoms with Crippen molar-refractivity contribution in [2.45, 2.75) is 74.6 Å². The second-order valence-electron chi connectivity index (χ2n) is 15.5. The van der Waals surface area contributed by atoms with Gasteiger partial charge in [-0.25, -0.2) is 9.78 Å². The van der Waals surface area contributed by atoms with E-state index in [-0.39, 0.29) is 41.8 Å². The van der Waals surface area contributed by atoms with Gasteiger partial charge in [0, 0.05) is 61.8 Å². The summed E-state index contributed by atoms with van der Waals surface area (Å²) in [7, 11) is 0. The number of allylic oxidation sites excluding steroid dienone is 2. The fourth-order valence-corrected chi connectivity index (χ4v) is 8.53. The van der Waals surface area contributed by atoms with Crippen LogP contribution in [0.25, 0.3) is 11.0 Å². The van der Waals surface area contributed by atoms with Crippen LogP contribution in [0.1, 0.15) is 36.1 Å². The van der Waals surface area contributed by atoms with Gasteiger partial charge in [-0.2, -0.15) is 0 Å². The summed E-state index contributed by atoms with van der Waals surface area (Å²) < 4.78 is 13.4. The predicted octanol–water partition coefficient (Wildman–Crippen LogP) is 1.62. The van der Waals surface area contributed by atoms with Crippen LogP contribution < -0.4 is 20.4 Å². The van der Waals surface area contributed by atoms with E-state index in [0.717, 1.165) is 11.3 Å². The number of aromatic hydroxyl groups is 1. The highest BCUT2D eigenvalue weighted by Gasteiger charge is 2.52. The molecule has 1 fully saturated rings. The van der Waals surface area contributed by atoms with Crippen LogP contribution in [0.5, 0.6) is 11.5 Å². The van der Waals surface area contributed by atoms with Crippen LogP contribution in [0, 0.1) is 18.8 Å². The van der Waals surface area contributed by atoms with Gasteiger partial charge in [-0.1, -0.05) is 24.3 Å². The maximum absolute atomic E-state index is 13.5. The average molecular weight is 772 g/mol. The zero-order chi connectivity index (χ0) is 39.4. The number of amides is 1. The van der Waals surface area contributed by atoms with Crippen molar-refractivity contribution in [2.24, 2.45) is 16.8 Å². The van der Waals surface area contributed by atoms with Crippen LogP contribution in [-0.2, 0) is 27.4 Å². The number of fused-ring (bicyclic) bond motifs is 3. The number of phenolic OH excluding ortho intramolecular Hbond substituents is 1. The van der Waals surface area contributed by atoms with Crippen molar-refractivity contribution < 1.29 is 54.4 Å². The van der Waals surface area contributed by atoms with Gasteiger partial charge in [0.1, 0.15) is 59.4 Å². The van der Waals surface area contributed by atoms with Crippen molar-refractivity contribution in [1.29, 1.82) is 0 Å². The number of aliphatic hydroxyl groups excluding tert-OH is 4. The normalized spacial score (nSPS) is 26.6. The number of hydrogen-bond acceptors (Lipinski definition) is 14. The molecule has 5 heterocycles. The van der Waals surface area contributed by atoms with Gasteiger partial charge in [-0.3, -0.25) is 14.6 Å². The maximum atomic E-state index is 13.5. The number of ether oxygens (including phenoxy) is 1. The lowest BCUT2D eigenvalue weighted by molar-refractivity contribution is -0.373. The molecular formula is C41H45N3O12. The van der Waals surface area contributed by atoms with Crippen LogP contribution in [0.2, 0.25) is 0 Å². The Morgan fingerprint density at radius 3 is 2.68 bits per heavy atom. The zero-order valence-electron chi connectivity index (χ0n) is 30.7. The predicted molar refractivity (Wildman–Crippen MR) is 202 cm³/mol. The number of nitrogens with one attached hydrogen (secondary N) is 1. The molecule has 1 saturated heterocycles. The minimum absolute atomic E-state index is 0.00304. The van der Waals surface area contributed by atoms with Crippen LogP contribution in [0.4, 0.5) is 5.69 Å². The van der Waals surface area contributed by atoms with Gasteiger partial charge in [-0.15, -0.1) is 0 Å². The first-order valence-corrected chi connectivity index (χ1v) is 18.7. The second-order valence-corrected chi connectivity index (χ2v) is 15.5. The SMILES string of the molecule is Cc1cc(=O)c2cc3c(c(N4C=C5C=CN=C5C4)c2o1)OC1(CC=CC(C2CNC(=O)C2)C1)C(OOCC(O)(Cc1ccc(O)cc1)C(O)C(O)C(O)CO)C3. The monoisotopic (exact) mass is 771 g/mol. The number of carbonyl (C=O) groups is 1. The van der Waals surface area contributed by atoms with E-state index in [0.29, 0.717) is 71.6 Å². The third kappa shape index (κ3) is 7.04. The van der Waals surface area contributed by atoms with Crippen molar-refractivity contribution in [3.8, 4) is 11.5 Å². The number of aliphatic hydroxyl groups is 5. The molecule has 7 N–H and O–H groups in total. The van der Waals surface area contributed by atoms with Gasteiger partial charge in [0.05, 0.1) is 24.2 Å². The van der Waals surface area contributed by atoms with E-state index >= 15 is 0 Å².